The van der Waals surface area contributed by atoms with Gasteiger partial charge in [-0.1, -0.05) is 12.1 Å². The number of hydrogen-bond donors (Lipinski definition) is 2. The number of aromatic amines is 1. The average molecular weight is 420 g/mol. The Bertz CT molecular complexity index is 1780. The number of pyridine rings is 2. The molecule has 2 N–H and O–H groups in total. The van der Waals surface area contributed by atoms with E-state index in [-0.39, 0.29) is 16.2 Å². The Morgan fingerprint density at radius 1 is 0.867 bits per heavy atom. The van der Waals surface area contributed by atoms with Gasteiger partial charge in [0.25, 0.3) is 10.1 Å². The van der Waals surface area contributed by atoms with Crippen molar-refractivity contribution in [2.24, 2.45) is 7.05 Å². The number of H-pyrrole nitrogens is 1. The van der Waals surface area contributed by atoms with Gasteiger partial charge >= 0.3 is 0 Å². The molecule has 8 heteroatoms. The van der Waals surface area contributed by atoms with E-state index in [0.29, 0.717) is 38.4 Å². The molecule has 0 aliphatic carbocycles. The number of para-hydroxylation sites is 1. The van der Waals surface area contributed by atoms with E-state index in [0.717, 1.165) is 0 Å². The molecule has 0 unspecified atom stereocenters. The topological polar surface area (TPSA) is 109 Å². The summed E-state index contributed by atoms with van der Waals surface area (Å²) in [6.45, 7) is 1.68. The van der Waals surface area contributed by atoms with Gasteiger partial charge in [0, 0.05) is 28.7 Å². The van der Waals surface area contributed by atoms with E-state index in [1.165, 1.54) is 6.07 Å². The van der Waals surface area contributed by atoms with E-state index in [2.05, 4.69) is 4.98 Å². The summed E-state index contributed by atoms with van der Waals surface area (Å²) in [5, 5.41) is 1.13. The Hall–Kier alpha value is -3.49. The number of rotatable bonds is 1. The highest BCUT2D eigenvalue weighted by atomic mass is 32.2. The molecule has 30 heavy (non-hydrogen) atoms. The summed E-state index contributed by atoms with van der Waals surface area (Å²) in [6, 6.07) is 13.3. The van der Waals surface area contributed by atoms with Crippen LogP contribution in [-0.4, -0.2) is 22.5 Å². The standard InChI is InChI=1S/C22H16N2O5S/c1-11-7-18-20(19(8-11)30(27,28)29)22(26)14-9-16-13(10-17(14)24(18)2)21(25)12-5-3-4-6-15(12)23-16/h3-10H,1-2H3,(H,23,25)(H,27,28,29). The third-order valence-corrected chi connectivity index (χ3v) is 6.40. The molecule has 7 nitrogen and oxygen atoms in total. The van der Waals surface area contributed by atoms with Gasteiger partial charge in [-0.2, -0.15) is 8.42 Å². The van der Waals surface area contributed by atoms with Crippen molar-refractivity contribution in [3.8, 4) is 0 Å². The van der Waals surface area contributed by atoms with Crippen LogP contribution in [0.3, 0.4) is 0 Å². The van der Waals surface area contributed by atoms with E-state index in [4.69, 9.17) is 0 Å². The molecule has 0 atom stereocenters. The maximum absolute atomic E-state index is 13.3. The number of nitrogens with zero attached hydrogens (tertiary/aromatic N) is 1. The highest BCUT2D eigenvalue weighted by Gasteiger charge is 2.21. The third kappa shape index (κ3) is 2.51. The van der Waals surface area contributed by atoms with Crippen molar-refractivity contribution in [2.45, 2.75) is 11.8 Å². The SMILES string of the molecule is Cc1cc(S(=O)(=O)O)c2c(=O)c3cc4[nH]c5ccccc5c(=O)c4cc3n(C)c2c1. The lowest BCUT2D eigenvalue weighted by Crippen LogP contribution is -2.15. The fourth-order valence-electron chi connectivity index (χ4n) is 4.11. The lowest BCUT2D eigenvalue weighted by molar-refractivity contribution is 0.484. The van der Waals surface area contributed by atoms with Crippen LogP contribution in [0.15, 0.2) is 63.0 Å². The number of hydrogen-bond acceptors (Lipinski definition) is 4. The molecule has 3 aromatic carbocycles. The number of benzene rings is 3. The fraction of sp³-hybridized carbons (Fsp3) is 0.0909. The molecule has 2 aromatic heterocycles. The molecule has 0 spiro atoms. The van der Waals surface area contributed by atoms with Crippen molar-refractivity contribution in [1.82, 2.24) is 9.55 Å². The summed E-state index contributed by atoms with van der Waals surface area (Å²) >= 11 is 0. The summed E-state index contributed by atoms with van der Waals surface area (Å²) < 4.78 is 35.3. The average Bonchev–Trinajstić information content (AvgIpc) is 2.70. The van der Waals surface area contributed by atoms with Gasteiger partial charge in [-0.15, -0.1) is 0 Å². The minimum absolute atomic E-state index is 0.0828. The van der Waals surface area contributed by atoms with Crippen molar-refractivity contribution in [3.05, 3.63) is 74.5 Å². The second kappa shape index (κ2) is 6.01. The van der Waals surface area contributed by atoms with Gasteiger partial charge < -0.3 is 9.55 Å². The van der Waals surface area contributed by atoms with E-state index in [1.807, 2.05) is 0 Å². The lowest BCUT2D eigenvalue weighted by atomic mass is 10.0. The summed E-state index contributed by atoms with van der Waals surface area (Å²) in [5.41, 5.74) is 1.86. The number of aromatic nitrogens is 2. The third-order valence-electron chi connectivity index (χ3n) is 5.52. The maximum Gasteiger partial charge on any atom is 0.295 e. The van der Waals surface area contributed by atoms with Crippen LogP contribution in [0.5, 0.6) is 0 Å². The molecule has 2 heterocycles. The van der Waals surface area contributed by atoms with Crippen LogP contribution in [0.2, 0.25) is 0 Å². The Balaban J connectivity index is 2.08. The second-order valence-corrected chi connectivity index (χ2v) is 8.82. The summed E-state index contributed by atoms with van der Waals surface area (Å²) in [4.78, 5) is 29.1. The van der Waals surface area contributed by atoms with Crippen molar-refractivity contribution in [3.63, 3.8) is 0 Å². The van der Waals surface area contributed by atoms with Gasteiger partial charge in [0.2, 0.25) is 0 Å². The first kappa shape index (κ1) is 18.5. The molecule has 150 valence electrons. The van der Waals surface area contributed by atoms with Crippen LogP contribution in [-0.2, 0) is 17.2 Å². The van der Waals surface area contributed by atoms with Crippen LogP contribution >= 0.6 is 0 Å². The molecule has 0 bridgehead atoms. The van der Waals surface area contributed by atoms with Crippen LogP contribution in [0.4, 0.5) is 0 Å². The zero-order valence-corrected chi connectivity index (χ0v) is 16.9. The zero-order chi connectivity index (χ0) is 21.4. The van der Waals surface area contributed by atoms with Crippen LogP contribution < -0.4 is 10.9 Å². The number of nitrogens with one attached hydrogen (secondary N) is 1. The first-order valence-electron chi connectivity index (χ1n) is 9.16. The molecule has 0 aliphatic rings. The monoisotopic (exact) mass is 420 g/mol. The molecule has 0 amide bonds. The highest BCUT2D eigenvalue weighted by Crippen LogP contribution is 2.27. The molecule has 0 aliphatic heterocycles. The minimum Gasteiger partial charge on any atom is -0.354 e. The molecule has 0 saturated heterocycles. The predicted molar refractivity (Wildman–Crippen MR) is 117 cm³/mol. The maximum atomic E-state index is 13.3. The van der Waals surface area contributed by atoms with E-state index >= 15 is 0 Å². The highest BCUT2D eigenvalue weighted by molar-refractivity contribution is 7.86. The fourth-order valence-corrected chi connectivity index (χ4v) is 4.90. The first-order valence-corrected chi connectivity index (χ1v) is 10.6. The van der Waals surface area contributed by atoms with Gasteiger partial charge in [0.15, 0.2) is 10.9 Å². The molecule has 5 aromatic rings. The molecule has 0 saturated carbocycles. The Kier molecular flexibility index (Phi) is 3.71. The normalized spacial score (nSPS) is 12.4. The summed E-state index contributed by atoms with van der Waals surface area (Å²) in [5.74, 6) is 0. The van der Waals surface area contributed by atoms with Crippen molar-refractivity contribution in [2.75, 3.05) is 0 Å². The van der Waals surface area contributed by atoms with Gasteiger partial charge in [-0.25, -0.2) is 0 Å². The molecule has 0 fully saturated rings. The quantitative estimate of drug-likeness (QED) is 0.320. The minimum atomic E-state index is -4.61. The largest absolute Gasteiger partial charge is 0.354 e. The van der Waals surface area contributed by atoms with E-state index in [1.54, 1.807) is 61.0 Å². The summed E-state index contributed by atoms with van der Waals surface area (Å²) in [6.07, 6.45) is 0. The van der Waals surface area contributed by atoms with E-state index < -0.39 is 20.4 Å². The molecular formula is C22H16N2O5S. The van der Waals surface area contributed by atoms with Gasteiger partial charge in [-0.05, 0) is 48.9 Å². The Labute approximate surface area is 169 Å². The second-order valence-electron chi connectivity index (χ2n) is 7.44. The van der Waals surface area contributed by atoms with Crippen molar-refractivity contribution in [1.29, 1.82) is 0 Å². The van der Waals surface area contributed by atoms with Gasteiger partial charge in [-0.3, -0.25) is 14.1 Å². The lowest BCUT2D eigenvalue weighted by Gasteiger charge is -2.14. The van der Waals surface area contributed by atoms with Gasteiger partial charge in [0.1, 0.15) is 4.90 Å². The van der Waals surface area contributed by atoms with Crippen LogP contribution in [0.25, 0.3) is 43.6 Å². The molecule has 5 rings (SSSR count). The summed E-state index contributed by atoms with van der Waals surface area (Å²) in [7, 11) is -2.92. The number of fused-ring (bicyclic) bond motifs is 4. The Morgan fingerprint density at radius 3 is 2.33 bits per heavy atom. The Morgan fingerprint density at radius 2 is 1.60 bits per heavy atom. The number of aryl methyl sites for hydroxylation is 2. The molecular weight excluding hydrogens is 404 g/mol. The zero-order valence-electron chi connectivity index (χ0n) is 16.1. The van der Waals surface area contributed by atoms with E-state index in [9.17, 15) is 22.6 Å². The van der Waals surface area contributed by atoms with Crippen molar-refractivity contribution < 1.29 is 13.0 Å². The van der Waals surface area contributed by atoms with Crippen molar-refractivity contribution >= 4 is 53.7 Å². The van der Waals surface area contributed by atoms with Crippen LogP contribution in [0.1, 0.15) is 5.56 Å². The predicted octanol–water partition coefficient (Wildman–Crippen LogP) is 3.24. The van der Waals surface area contributed by atoms with Crippen LogP contribution in [0, 0.1) is 6.92 Å². The first-order chi connectivity index (χ1) is 14.2. The molecule has 0 radical (unpaired) electrons. The smallest absolute Gasteiger partial charge is 0.295 e. The van der Waals surface area contributed by atoms with Gasteiger partial charge in [0.05, 0.1) is 21.9 Å².